The first-order valence-corrected chi connectivity index (χ1v) is 7.36. The monoisotopic (exact) mass is 306 g/mol. The average Bonchev–Trinajstić information content (AvgIpc) is 2.98. The second-order valence-electron chi connectivity index (χ2n) is 4.10. The van der Waals surface area contributed by atoms with Crippen LogP contribution in [0.25, 0.3) is 0 Å². The van der Waals surface area contributed by atoms with E-state index >= 15 is 0 Å². The quantitative estimate of drug-likeness (QED) is 0.826. The Morgan fingerprint density at radius 1 is 1.50 bits per heavy atom. The molecule has 0 radical (unpaired) electrons. The third-order valence-corrected chi connectivity index (χ3v) is 3.87. The van der Waals surface area contributed by atoms with E-state index in [9.17, 15) is 4.79 Å². The van der Waals surface area contributed by atoms with Crippen molar-refractivity contribution >= 4 is 34.5 Å². The normalized spacial score (nSPS) is 11.8. The van der Waals surface area contributed by atoms with Crippen molar-refractivity contribution in [2.75, 3.05) is 0 Å². The van der Waals surface area contributed by atoms with E-state index < -0.39 is 0 Å². The zero-order valence-corrected chi connectivity index (χ0v) is 12.5. The maximum Gasteiger partial charge on any atom is 0.270 e. The minimum absolute atomic E-state index is 0.0976. The van der Waals surface area contributed by atoms with E-state index in [-0.39, 0.29) is 16.9 Å². The molecule has 3 N–H and O–H groups in total. The zero-order valence-electron chi connectivity index (χ0n) is 10.9. The number of aromatic nitrogens is 2. The van der Waals surface area contributed by atoms with E-state index in [0.29, 0.717) is 11.3 Å². The molecule has 2 heterocycles. The number of carbonyl (C=O) groups is 1. The Morgan fingerprint density at radius 3 is 2.80 bits per heavy atom. The fourth-order valence-corrected chi connectivity index (χ4v) is 2.54. The van der Waals surface area contributed by atoms with E-state index in [2.05, 4.69) is 15.3 Å². The highest BCUT2D eigenvalue weighted by atomic mass is 32.1. The van der Waals surface area contributed by atoms with Gasteiger partial charge in [0, 0.05) is 23.3 Å². The molecule has 20 heavy (non-hydrogen) atoms. The Kier molecular flexibility index (Phi) is 4.75. The molecule has 0 aliphatic rings. The van der Waals surface area contributed by atoms with Crippen LogP contribution in [0.5, 0.6) is 0 Å². The van der Waals surface area contributed by atoms with Crippen molar-refractivity contribution in [1.29, 1.82) is 0 Å². The maximum absolute atomic E-state index is 12.1. The van der Waals surface area contributed by atoms with Crippen LogP contribution in [0.4, 0.5) is 0 Å². The highest BCUT2D eigenvalue weighted by Gasteiger charge is 2.16. The van der Waals surface area contributed by atoms with E-state index in [1.54, 1.807) is 18.3 Å². The van der Waals surface area contributed by atoms with Gasteiger partial charge in [0.2, 0.25) is 0 Å². The van der Waals surface area contributed by atoms with Crippen LogP contribution in [0.1, 0.15) is 40.4 Å². The van der Waals surface area contributed by atoms with Crippen molar-refractivity contribution in [1.82, 2.24) is 15.3 Å². The summed E-state index contributed by atoms with van der Waals surface area (Å²) in [6, 6.07) is 3.20. The van der Waals surface area contributed by atoms with E-state index in [4.69, 9.17) is 18.0 Å². The van der Waals surface area contributed by atoms with E-state index in [1.165, 1.54) is 17.5 Å². The van der Waals surface area contributed by atoms with Crippen LogP contribution in [-0.2, 0) is 0 Å². The molecule has 0 fully saturated rings. The number of hydrogen-bond acceptors (Lipinski definition) is 5. The smallest absolute Gasteiger partial charge is 0.270 e. The third kappa shape index (κ3) is 3.37. The molecule has 104 valence electrons. The summed E-state index contributed by atoms with van der Waals surface area (Å²) in [6.07, 6.45) is 4.00. The summed E-state index contributed by atoms with van der Waals surface area (Å²) in [4.78, 5) is 20.7. The molecule has 1 atom stereocenters. The molecule has 0 aliphatic heterocycles. The van der Waals surface area contributed by atoms with Gasteiger partial charge in [0.05, 0.1) is 6.04 Å². The van der Waals surface area contributed by atoms with Crippen LogP contribution in [0.3, 0.4) is 0 Å². The molecule has 0 spiro atoms. The predicted molar refractivity (Wildman–Crippen MR) is 82.7 cm³/mol. The van der Waals surface area contributed by atoms with Gasteiger partial charge in [0.15, 0.2) is 0 Å². The molecule has 0 aliphatic carbocycles. The summed E-state index contributed by atoms with van der Waals surface area (Å²) in [5.41, 5.74) is 6.47. The molecule has 7 heteroatoms. The van der Waals surface area contributed by atoms with Gasteiger partial charge in [0.25, 0.3) is 5.91 Å². The van der Waals surface area contributed by atoms with Gasteiger partial charge in [0.1, 0.15) is 15.7 Å². The largest absolute Gasteiger partial charge is 0.389 e. The van der Waals surface area contributed by atoms with E-state index in [1.807, 2.05) is 12.3 Å². The topological polar surface area (TPSA) is 80.9 Å². The number of thiazole rings is 1. The molecule has 0 saturated carbocycles. The number of thiocarbonyl (C=S) groups is 1. The first-order chi connectivity index (χ1) is 9.61. The van der Waals surface area contributed by atoms with E-state index in [0.717, 1.165) is 11.4 Å². The van der Waals surface area contributed by atoms with Gasteiger partial charge in [-0.05, 0) is 18.6 Å². The number of nitrogens with two attached hydrogens (primary N) is 1. The molecule has 0 aromatic carbocycles. The summed E-state index contributed by atoms with van der Waals surface area (Å²) < 4.78 is 0. The van der Waals surface area contributed by atoms with Gasteiger partial charge in [-0.25, -0.2) is 4.98 Å². The Balaban J connectivity index is 2.09. The molecule has 1 amide bonds. The van der Waals surface area contributed by atoms with Gasteiger partial charge >= 0.3 is 0 Å². The average molecular weight is 306 g/mol. The second-order valence-corrected chi connectivity index (χ2v) is 5.47. The number of nitrogens with zero attached hydrogens (tertiary/aromatic N) is 2. The second kappa shape index (κ2) is 6.53. The Morgan fingerprint density at radius 2 is 2.30 bits per heavy atom. The van der Waals surface area contributed by atoms with Crippen molar-refractivity contribution in [3.05, 3.63) is 46.2 Å². The van der Waals surface area contributed by atoms with Crippen molar-refractivity contribution < 1.29 is 4.79 Å². The molecule has 2 aromatic rings. The van der Waals surface area contributed by atoms with Crippen LogP contribution in [-0.4, -0.2) is 20.9 Å². The molecule has 2 rings (SSSR count). The molecule has 1 unspecified atom stereocenters. The van der Waals surface area contributed by atoms with Crippen molar-refractivity contribution in [3.8, 4) is 0 Å². The summed E-state index contributed by atoms with van der Waals surface area (Å²) in [5, 5.41) is 5.69. The zero-order chi connectivity index (χ0) is 14.5. The lowest BCUT2D eigenvalue weighted by Gasteiger charge is -2.14. The Hall–Kier alpha value is -1.86. The van der Waals surface area contributed by atoms with Crippen LogP contribution >= 0.6 is 23.6 Å². The molecular formula is C13H14N4OS2. The lowest BCUT2D eigenvalue weighted by molar-refractivity contribution is 0.0930. The number of pyridine rings is 1. The van der Waals surface area contributed by atoms with Gasteiger partial charge < -0.3 is 11.1 Å². The van der Waals surface area contributed by atoms with Crippen LogP contribution in [0.15, 0.2) is 29.9 Å². The van der Waals surface area contributed by atoms with Gasteiger partial charge in [-0.3, -0.25) is 9.78 Å². The summed E-state index contributed by atoms with van der Waals surface area (Å²) in [5.74, 6) is -0.235. The first kappa shape index (κ1) is 14.5. The lowest BCUT2D eigenvalue weighted by atomic mass is 10.2. The molecule has 2 aromatic heterocycles. The van der Waals surface area contributed by atoms with Crippen molar-refractivity contribution in [3.63, 3.8) is 0 Å². The minimum atomic E-state index is -0.235. The summed E-state index contributed by atoms with van der Waals surface area (Å²) >= 11 is 6.36. The minimum Gasteiger partial charge on any atom is -0.389 e. The number of hydrogen-bond donors (Lipinski definition) is 2. The predicted octanol–water partition coefficient (Wildman–Crippen LogP) is 2.05. The summed E-state index contributed by atoms with van der Waals surface area (Å²) in [6.45, 7) is 2.00. The van der Waals surface area contributed by atoms with Crippen molar-refractivity contribution in [2.24, 2.45) is 5.73 Å². The first-order valence-electron chi connectivity index (χ1n) is 6.08. The number of rotatable bonds is 5. The highest BCUT2D eigenvalue weighted by molar-refractivity contribution is 7.80. The van der Waals surface area contributed by atoms with Gasteiger partial charge in [-0.2, -0.15) is 0 Å². The fourth-order valence-electron chi connectivity index (χ4n) is 1.65. The van der Waals surface area contributed by atoms with Gasteiger partial charge in [-0.1, -0.05) is 19.1 Å². The van der Waals surface area contributed by atoms with Crippen LogP contribution in [0, 0.1) is 0 Å². The number of amides is 1. The Labute approximate surface area is 126 Å². The molecule has 5 nitrogen and oxygen atoms in total. The van der Waals surface area contributed by atoms with Crippen LogP contribution < -0.4 is 11.1 Å². The summed E-state index contributed by atoms with van der Waals surface area (Å²) in [7, 11) is 0. The number of nitrogens with one attached hydrogen (secondary N) is 1. The highest BCUT2D eigenvalue weighted by Crippen LogP contribution is 2.19. The molecular weight excluding hydrogens is 292 g/mol. The number of carbonyl (C=O) groups excluding carboxylic acids is 1. The lowest BCUT2D eigenvalue weighted by Crippen LogP contribution is -2.28. The maximum atomic E-state index is 12.1. The van der Waals surface area contributed by atoms with Gasteiger partial charge in [-0.15, -0.1) is 11.3 Å². The molecule has 0 bridgehead atoms. The Bertz CT molecular complexity index is 595. The third-order valence-electron chi connectivity index (χ3n) is 2.74. The standard InChI is InChI=1S/C13H14N4OS2/c1-2-9(13-15-5-6-20-13)17-12(18)10-4-3-8(7-16-10)11(14)19/h3-7,9H,2H2,1H3,(H2,14,19)(H,17,18). The molecule has 0 saturated heterocycles. The fraction of sp³-hybridized carbons (Fsp3) is 0.231. The van der Waals surface area contributed by atoms with Crippen LogP contribution in [0.2, 0.25) is 0 Å². The SMILES string of the molecule is CCC(NC(=O)c1ccc(C(N)=S)cn1)c1nccs1. The van der Waals surface area contributed by atoms with Crippen molar-refractivity contribution in [2.45, 2.75) is 19.4 Å².